The molecule has 7 heteroatoms. The van der Waals surface area contributed by atoms with Crippen LogP contribution in [0.3, 0.4) is 0 Å². The summed E-state index contributed by atoms with van der Waals surface area (Å²) in [5.41, 5.74) is 2.72. The summed E-state index contributed by atoms with van der Waals surface area (Å²) in [6.45, 7) is 3.31. The van der Waals surface area contributed by atoms with Gasteiger partial charge in [0.1, 0.15) is 19.0 Å². The minimum atomic E-state index is -0.892. The van der Waals surface area contributed by atoms with Crippen molar-refractivity contribution in [2.75, 3.05) is 13.2 Å². The van der Waals surface area contributed by atoms with E-state index in [1.54, 1.807) is 26.0 Å². The first-order chi connectivity index (χ1) is 16.4. The van der Waals surface area contributed by atoms with E-state index in [4.69, 9.17) is 14.7 Å². The average molecular weight is 461 g/mol. The molecule has 1 aliphatic rings. The maximum absolute atomic E-state index is 14.1. The Balaban J connectivity index is 1.89. The lowest BCUT2D eigenvalue weighted by atomic mass is 9.80. The van der Waals surface area contributed by atoms with E-state index in [1.807, 2.05) is 42.5 Å². The number of hydrogen-bond acceptors (Lipinski definition) is 6. The molecule has 0 fully saturated rings. The predicted octanol–water partition coefficient (Wildman–Crippen LogP) is 4.77. The lowest BCUT2D eigenvalue weighted by Crippen LogP contribution is -2.32. The number of benzene rings is 2. The summed E-state index contributed by atoms with van der Waals surface area (Å²) in [7, 11) is 0. The van der Waals surface area contributed by atoms with E-state index in [-0.39, 0.29) is 30.8 Å². The Kier molecular flexibility index (Phi) is 8.36. The molecular weight excluding hydrogens is 435 g/mol. The molecule has 1 aliphatic heterocycles. The van der Waals surface area contributed by atoms with Crippen LogP contribution in [0, 0.1) is 17.1 Å². The van der Waals surface area contributed by atoms with Gasteiger partial charge in [-0.2, -0.15) is 5.26 Å². The molecule has 1 atom stereocenters. The topological polar surface area (TPSA) is 88.4 Å². The van der Waals surface area contributed by atoms with Crippen molar-refractivity contribution in [3.8, 4) is 6.07 Å². The van der Waals surface area contributed by atoms with Gasteiger partial charge in [-0.3, -0.25) is 0 Å². The van der Waals surface area contributed by atoms with Crippen molar-refractivity contribution in [1.29, 1.82) is 5.26 Å². The molecule has 2 aromatic carbocycles. The van der Waals surface area contributed by atoms with Crippen LogP contribution in [-0.2, 0) is 19.1 Å². The van der Waals surface area contributed by atoms with Crippen molar-refractivity contribution in [3.05, 3.63) is 100 Å². The fourth-order valence-corrected chi connectivity index (χ4v) is 3.77. The first-order valence-corrected chi connectivity index (χ1v) is 10.8. The van der Waals surface area contributed by atoms with Crippen LogP contribution in [-0.4, -0.2) is 25.2 Å². The number of allylic oxidation sites excluding steroid dienone is 2. The van der Waals surface area contributed by atoms with E-state index in [0.717, 1.165) is 5.56 Å². The number of ether oxygens (including phenoxy) is 2. The number of hydrogen-bond donors (Lipinski definition) is 1. The van der Waals surface area contributed by atoms with Crippen LogP contribution in [0.2, 0.25) is 0 Å². The van der Waals surface area contributed by atoms with Crippen LogP contribution in [0.5, 0.6) is 0 Å². The zero-order valence-electron chi connectivity index (χ0n) is 19.0. The van der Waals surface area contributed by atoms with Gasteiger partial charge in [0.15, 0.2) is 0 Å². The summed E-state index contributed by atoms with van der Waals surface area (Å²) in [5, 5.41) is 11.8. The number of carbonyl (C=O) groups excluding carboxylic acids is 2. The van der Waals surface area contributed by atoms with Crippen LogP contribution in [0.4, 0.5) is 4.39 Å². The maximum Gasteiger partial charge on any atom is 0.337 e. The third kappa shape index (κ3) is 5.99. The first kappa shape index (κ1) is 24.5. The second-order valence-electron chi connectivity index (χ2n) is 7.65. The highest BCUT2D eigenvalue weighted by Crippen LogP contribution is 2.39. The SMILES string of the molecule is CC1=C(C(=O)OCC=Cc2ccccc2)C(c2cccc(F)c2)C(C(=O)OCCC#N)=C(C)N1. The predicted molar refractivity (Wildman–Crippen MR) is 125 cm³/mol. The monoisotopic (exact) mass is 460 g/mol. The molecule has 2 aromatic rings. The van der Waals surface area contributed by atoms with Crippen molar-refractivity contribution in [1.82, 2.24) is 5.32 Å². The van der Waals surface area contributed by atoms with Crippen LogP contribution < -0.4 is 5.32 Å². The molecule has 1 unspecified atom stereocenters. The smallest absolute Gasteiger partial charge is 0.337 e. The lowest BCUT2D eigenvalue weighted by Gasteiger charge is -2.30. The number of carbonyl (C=O) groups is 2. The summed E-state index contributed by atoms with van der Waals surface area (Å²) in [6.07, 6.45) is 3.59. The number of halogens is 1. The Bertz CT molecular complexity index is 1190. The second kappa shape index (κ2) is 11.6. The highest BCUT2D eigenvalue weighted by Gasteiger charge is 2.38. The summed E-state index contributed by atoms with van der Waals surface area (Å²) < 4.78 is 24.8. The van der Waals surface area contributed by atoms with Gasteiger partial charge in [0.25, 0.3) is 0 Å². The van der Waals surface area contributed by atoms with Gasteiger partial charge in [-0.05, 0) is 43.2 Å². The van der Waals surface area contributed by atoms with E-state index < -0.39 is 23.7 Å². The molecule has 0 amide bonds. The molecule has 0 saturated heterocycles. The number of dihydropyridines is 1. The Morgan fingerprint density at radius 1 is 1.03 bits per heavy atom. The lowest BCUT2D eigenvalue weighted by molar-refractivity contribution is -0.139. The van der Waals surface area contributed by atoms with Gasteiger partial charge in [-0.15, -0.1) is 0 Å². The van der Waals surface area contributed by atoms with E-state index in [9.17, 15) is 14.0 Å². The standard InChI is InChI=1S/C27H25FN2O4/c1-18-23(26(31)33-15-7-11-20-9-4-3-5-10-20)25(21-12-6-13-22(28)17-21)24(19(2)30-18)27(32)34-16-8-14-29/h3-7,9-13,17,25,30H,8,15-16H2,1-2H3. The number of rotatable bonds is 8. The van der Waals surface area contributed by atoms with Crippen molar-refractivity contribution in [2.24, 2.45) is 0 Å². The summed E-state index contributed by atoms with van der Waals surface area (Å²) in [6, 6.07) is 17.2. The Labute approximate surface area is 198 Å². The Morgan fingerprint density at radius 3 is 2.35 bits per heavy atom. The van der Waals surface area contributed by atoms with Crippen molar-refractivity contribution in [2.45, 2.75) is 26.2 Å². The minimum absolute atomic E-state index is 0.0189. The molecule has 0 bridgehead atoms. The van der Waals surface area contributed by atoms with Crippen molar-refractivity contribution >= 4 is 18.0 Å². The van der Waals surface area contributed by atoms with Crippen LogP contribution in [0.15, 0.2) is 83.2 Å². The third-order valence-electron chi connectivity index (χ3n) is 5.25. The zero-order valence-corrected chi connectivity index (χ0v) is 19.0. The number of esters is 2. The van der Waals surface area contributed by atoms with Crippen molar-refractivity contribution < 1.29 is 23.5 Å². The van der Waals surface area contributed by atoms with Gasteiger partial charge in [0, 0.05) is 11.4 Å². The van der Waals surface area contributed by atoms with Gasteiger partial charge in [-0.1, -0.05) is 48.5 Å². The van der Waals surface area contributed by atoms with Crippen molar-refractivity contribution in [3.63, 3.8) is 0 Å². The molecule has 3 rings (SSSR count). The number of nitrogens with zero attached hydrogens (tertiary/aromatic N) is 1. The molecule has 1 heterocycles. The molecule has 6 nitrogen and oxygen atoms in total. The fourth-order valence-electron chi connectivity index (χ4n) is 3.77. The molecule has 0 radical (unpaired) electrons. The molecule has 0 spiro atoms. The van der Waals surface area contributed by atoms with Crippen LogP contribution >= 0.6 is 0 Å². The maximum atomic E-state index is 14.1. The minimum Gasteiger partial charge on any atom is -0.461 e. The van der Waals surface area contributed by atoms with E-state index in [1.165, 1.54) is 18.2 Å². The number of nitrogens with one attached hydrogen (secondary N) is 1. The average Bonchev–Trinajstić information content (AvgIpc) is 2.82. The van der Waals surface area contributed by atoms with Gasteiger partial charge in [0.2, 0.25) is 0 Å². The molecule has 0 aliphatic carbocycles. The summed E-state index contributed by atoms with van der Waals surface area (Å²) >= 11 is 0. The molecule has 0 aromatic heterocycles. The molecule has 34 heavy (non-hydrogen) atoms. The highest BCUT2D eigenvalue weighted by molar-refractivity contribution is 5.99. The number of nitriles is 1. The van der Waals surface area contributed by atoms with E-state index >= 15 is 0 Å². The van der Waals surface area contributed by atoms with Gasteiger partial charge < -0.3 is 14.8 Å². The quantitative estimate of drug-likeness (QED) is 0.451. The molecule has 1 N–H and O–H groups in total. The molecular formula is C27H25FN2O4. The molecule has 174 valence electrons. The fraction of sp³-hybridized carbons (Fsp3) is 0.222. The third-order valence-corrected chi connectivity index (χ3v) is 5.25. The first-order valence-electron chi connectivity index (χ1n) is 10.8. The summed E-state index contributed by atoms with van der Waals surface area (Å²) in [5.74, 6) is -2.71. The second-order valence-corrected chi connectivity index (χ2v) is 7.65. The van der Waals surface area contributed by atoms with Gasteiger partial charge in [-0.25, -0.2) is 14.0 Å². The van der Waals surface area contributed by atoms with E-state index in [2.05, 4.69) is 5.32 Å². The zero-order chi connectivity index (χ0) is 24.5. The van der Waals surface area contributed by atoms with Gasteiger partial charge in [0.05, 0.1) is 29.6 Å². The normalized spacial score (nSPS) is 15.6. The summed E-state index contributed by atoms with van der Waals surface area (Å²) in [4.78, 5) is 26.1. The van der Waals surface area contributed by atoms with Crippen LogP contribution in [0.1, 0.15) is 37.3 Å². The molecule has 0 saturated carbocycles. The van der Waals surface area contributed by atoms with Crippen LogP contribution in [0.25, 0.3) is 6.08 Å². The Morgan fingerprint density at radius 2 is 1.71 bits per heavy atom. The van der Waals surface area contributed by atoms with Gasteiger partial charge >= 0.3 is 11.9 Å². The largest absolute Gasteiger partial charge is 0.461 e. The highest BCUT2D eigenvalue weighted by atomic mass is 19.1. The van der Waals surface area contributed by atoms with E-state index in [0.29, 0.717) is 17.0 Å². The Hall–Kier alpha value is -4.18.